The lowest BCUT2D eigenvalue weighted by atomic mass is 9.90. The highest BCUT2D eigenvalue weighted by molar-refractivity contribution is 5.85. The van der Waals surface area contributed by atoms with Gasteiger partial charge in [0.2, 0.25) is 0 Å². The molecule has 0 aromatic rings. The van der Waals surface area contributed by atoms with Crippen LogP contribution in [0.5, 0.6) is 0 Å². The van der Waals surface area contributed by atoms with E-state index in [-0.39, 0.29) is 24.7 Å². The van der Waals surface area contributed by atoms with E-state index in [0.717, 1.165) is 44.9 Å². The van der Waals surface area contributed by atoms with Crippen molar-refractivity contribution in [2.75, 3.05) is 13.2 Å². The molecule has 5 heteroatoms. The highest BCUT2D eigenvalue weighted by atomic mass is 16.5. The van der Waals surface area contributed by atoms with Gasteiger partial charge in [-0.3, -0.25) is 9.59 Å². The van der Waals surface area contributed by atoms with Gasteiger partial charge in [-0.25, -0.2) is 0 Å². The minimum atomic E-state index is -1.07. The summed E-state index contributed by atoms with van der Waals surface area (Å²) < 4.78 is 5.10. The van der Waals surface area contributed by atoms with Crippen LogP contribution in [0.3, 0.4) is 0 Å². The maximum atomic E-state index is 13.0. The van der Waals surface area contributed by atoms with Crippen LogP contribution in [-0.4, -0.2) is 41.3 Å². The van der Waals surface area contributed by atoms with E-state index >= 15 is 0 Å². The highest BCUT2D eigenvalue weighted by Crippen LogP contribution is 2.21. The molecule has 0 aromatic heterocycles. The second-order valence-electron chi connectivity index (χ2n) is 12.5. The molecule has 2 unspecified atom stereocenters. The maximum absolute atomic E-state index is 13.0. The average Bonchev–Trinajstić information content (AvgIpc) is 2.99. The zero-order chi connectivity index (χ0) is 30.9. The third-order valence-corrected chi connectivity index (χ3v) is 8.36. The molecule has 42 heavy (non-hydrogen) atoms. The number of ketones is 1. The minimum absolute atomic E-state index is 0.0768. The van der Waals surface area contributed by atoms with Crippen LogP contribution >= 0.6 is 0 Å². The van der Waals surface area contributed by atoms with Crippen molar-refractivity contribution in [2.24, 2.45) is 5.92 Å². The van der Waals surface area contributed by atoms with Crippen molar-refractivity contribution in [1.29, 1.82) is 0 Å². The number of aliphatic hydroxyl groups excluding tert-OH is 2. The Morgan fingerprint density at radius 3 is 1.52 bits per heavy atom. The standard InChI is InChI=1S/C37H70O5/c1-3-5-7-9-11-13-15-16-17-18-20-22-24-26-28-30-36(40)34(31-37(41)42-33-35(39)32-38)29-27-25-23-21-19-14-12-10-8-6-4-2/h14,19,34-35,38-39H,3-13,15-18,20-33H2,1-2H3. The van der Waals surface area contributed by atoms with E-state index in [4.69, 9.17) is 9.84 Å². The van der Waals surface area contributed by atoms with Gasteiger partial charge in [0.25, 0.3) is 0 Å². The summed E-state index contributed by atoms with van der Waals surface area (Å²) in [6, 6.07) is 0. The maximum Gasteiger partial charge on any atom is 0.306 e. The molecule has 0 aliphatic rings. The summed E-state index contributed by atoms with van der Waals surface area (Å²) in [6.07, 6.45) is 34.9. The smallest absolute Gasteiger partial charge is 0.306 e. The van der Waals surface area contributed by atoms with Crippen molar-refractivity contribution in [3.63, 3.8) is 0 Å². The first-order chi connectivity index (χ1) is 20.5. The number of allylic oxidation sites excluding steroid dienone is 2. The number of hydrogen-bond donors (Lipinski definition) is 2. The van der Waals surface area contributed by atoms with Gasteiger partial charge >= 0.3 is 5.97 Å². The fourth-order valence-electron chi connectivity index (χ4n) is 5.51. The van der Waals surface area contributed by atoms with Gasteiger partial charge < -0.3 is 14.9 Å². The van der Waals surface area contributed by atoms with E-state index in [9.17, 15) is 14.7 Å². The Kier molecular flexibility index (Phi) is 31.8. The normalized spacial score (nSPS) is 13.0. The summed E-state index contributed by atoms with van der Waals surface area (Å²) in [5.74, 6) is -0.579. The van der Waals surface area contributed by atoms with Crippen molar-refractivity contribution in [3.8, 4) is 0 Å². The van der Waals surface area contributed by atoms with Crippen LogP contribution in [0.25, 0.3) is 0 Å². The van der Waals surface area contributed by atoms with Crippen LogP contribution in [0.2, 0.25) is 0 Å². The molecule has 0 saturated carbocycles. The van der Waals surface area contributed by atoms with Gasteiger partial charge in [0, 0.05) is 12.3 Å². The highest BCUT2D eigenvalue weighted by Gasteiger charge is 2.22. The summed E-state index contributed by atoms with van der Waals surface area (Å²) in [7, 11) is 0. The van der Waals surface area contributed by atoms with Crippen LogP contribution in [0.4, 0.5) is 0 Å². The quantitative estimate of drug-likeness (QED) is 0.0449. The predicted molar refractivity (Wildman–Crippen MR) is 178 cm³/mol. The number of aliphatic hydroxyl groups is 2. The molecule has 0 rings (SSSR count). The fraction of sp³-hybridized carbons (Fsp3) is 0.892. The van der Waals surface area contributed by atoms with Crippen LogP contribution in [0.15, 0.2) is 12.2 Å². The number of hydrogen-bond acceptors (Lipinski definition) is 5. The lowest BCUT2D eigenvalue weighted by Gasteiger charge is -2.16. The number of esters is 1. The molecule has 5 nitrogen and oxygen atoms in total. The fourth-order valence-corrected chi connectivity index (χ4v) is 5.51. The number of unbranched alkanes of at least 4 members (excludes halogenated alkanes) is 21. The molecule has 0 saturated heterocycles. The number of rotatable bonds is 33. The molecule has 0 fully saturated rings. The minimum Gasteiger partial charge on any atom is -0.463 e. The summed E-state index contributed by atoms with van der Waals surface area (Å²) in [5, 5.41) is 18.4. The largest absolute Gasteiger partial charge is 0.463 e. The molecule has 248 valence electrons. The van der Waals surface area contributed by atoms with Crippen LogP contribution in [-0.2, 0) is 14.3 Å². The van der Waals surface area contributed by atoms with E-state index in [0.29, 0.717) is 6.42 Å². The second-order valence-corrected chi connectivity index (χ2v) is 12.5. The van der Waals surface area contributed by atoms with Crippen molar-refractivity contribution in [1.82, 2.24) is 0 Å². The molecule has 2 atom stereocenters. The average molecular weight is 595 g/mol. The van der Waals surface area contributed by atoms with E-state index in [1.165, 1.54) is 116 Å². The Hall–Kier alpha value is -1.20. The SMILES string of the molecule is CCCCCCC=CCCCCCC(CC(=O)OCC(O)CO)C(=O)CCCCCCCCCCCCCCCCC. The van der Waals surface area contributed by atoms with Gasteiger partial charge in [-0.05, 0) is 38.5 Å². The first-order valence-corrected chi connectivity index (χ1v) is 18.2. The molecule has 0 heterocycles. The lowest BCUT2D eigenvalue weighted by molar-refractivity contribution is -0.150. The van der Waals surface area contributed by atoms with Crippen molar-refractivity contribution in [2.45, 2.75) is 193 Å². The van der Waals surface area contributed by atoms with E-state index in [1.807, 2.05) is 0 Å². The first kappa shape index (κ1) is 40.8. The van der Waals surface area contributed by atoms with Gasteiger partial charge in [-0.15, -0.1) is 0 Å². The number of carbonyl (C=O) groups excluding carboxylic acids is 2. The Bertz CT molecular complexity index is 617. The van der Waals surface area contributed by atoms with Crippen LogP contribution < -0.4 is 0 Å². The van der Waals surface area contributed by atoms with Gasteiger partial charge in [0.1, 0.15) is 18.5 Å². The van der Waals surface area contributed by atoms with Crippen molar-refractivity contribution < 1.29 is 24.5 Å². The van der Waals surface area contributed by atoms with Gasteiger partial charge in [-0.2, -0.15) is 0 Å². The molecule has 0 aromatic carbocycles. The summed E-state index contributed by atoms with van der Waals surface area (Å²) in [4.78, 5) is 25.3. The third-order valence-electron chi connectivity index (χ3n) is 8.36. The molecular weight excluding hydrogens is 524 g/mol. The zero-order valence-electron chi connectivity index (χ0n) is 27.9. The molecule has 2 N–H and O–H groups in total. The molecule has 0 aliphatic carbocycles. The second kappa shape index (κ2) is 32.7. The van der Waals surface area contributed by atoms with Crippen LogP contribution in [0.1, 0.15) is 187 Å². The van der Waals surface area contributed by atoms with Gasteiger partial charge in [0.05, 0.1) is 13.0 Å². The monoisotopic (exact) mass is 595 g/mol. The molecule has 0 radical (unpaired) electrons. The molecule has 0 amide bonds. The third kappa shape index (κ3) is 28.9. The Morgan fingerprint density at radius 1 is 0.619 bits per heavy atom. The summed E-state index contributed by atoms with van der Waals surface area (Å²) >= 11 is 0. The van der Waals surface area contributed by atoms with Crippen molar-refractivity contribution >= 4 is 11.8 Å². The topological polar surface area (TPSA) is 83.8 Å². The Balaban J connectivity index is 4.11. The molecule has 0 bridgehead atoms. The summed E-state index contributed by atoms with van der Waals surface area (Å²) in [6.45, 7) is 3.84. The lowest BCUT2D eigenvalue weighted by Crippen LogP contribution is -2.25. The zero-order valence-corrected chi connectivity index (χ0v) is 27.9. The summed E-state index contributed by atoms with van der Waals surface area (Å²) in [5.41, 5.74) is 0. The Labute approximate surface area is 260 Å². The molecule has 0 aliphatic heterocycles. The van der Waals surface area contributed by atoms with Crippen LogP contribution in [0, 0.1) is 5.92 Å². The first-order valence-electron chi connectivity index (χ1n) is 18.2. The number of carbonyl (C=O) groups is 2. The molecular formula is C37H70O5. The number of Topliss-reactive ketones (excluding diaryl/α,β-unsaturated/α-hetero) is 1. The van der Waals surface area contributed by atoms with E-state index in [1.54, 1.807) is 0 Å². The predicted octanol–water partition coefficient (Wildman–Crippen LogP) is 10.2. The molecule has 0 spiro atoms. The number of ether oxygens (including phenoxy) is 1. The van der Waals surface area contributed by atoms with E-state index in [2.05, 4.69) is 26.0 Å². The van der Waals surface area contributed by atoms with Gasteiger partial charge in [-0.1, -0.05) is 148 Å². The Morgan fingerprint density at radius 2 is 1.05 bits per heavy atom. The van der Waals surface area contributed by atoms with E-state index < -0.39 is 18.7 Å². The van der Waals surface area contributed by atoms with Crippen molar-refractivity contribution in [3.05, 3.63) is 12.2 Å². The van der Waals surface area contributed by atoms with Gasteiger partial charge in [0.15, 0.2) is 0 Å².